The van der Waals surface area contributed by atoms with E-state index in [1.807, 2.05) is 35.8 Å². The summed E-state index contributed by atoms with van der Waals surface area (Å²) in [4.78, 5) is 28.9. The Morgan fingerprint density at radius 3 is 2.48 bits per heavy atom. The number of hydrogen-bond acceptors (Lipinski definition) is 7. The first-order valence-electron chi connectivity index (χ1n) is 13.8. The van der Waals surface area contributed by atoms with Gasteiger partial charge in [-0.3, -0.25) is 9.20 Å². The number of carbonyl (C=O) groups is 1. The van der Waals surface area contributed by atoms with Gasteiger partial charge >= 0.3 is 0 Å². The third kappa shape index (κ3) is 5.89. The predicted octanol–water partition coefficient (Wildman–Crippen LogP) is 4.76. The van der Waals surface area contributed by atoms with Crippen molar-refractivity contribution in [2.75, 3.05) is 45.7 Å². The number of nitrogens with zero attached hydrogens (tertiary/aromatic N) is 6. The molecule has 1 fully saturated rings. The van der Waals surface area contributed by atoms with Crippen molar-refractivity contribution in [3.05, 3.63) is 64.5 Å². The number of pyridine rings is 1. The molecule has 5 rings (SSSR count). The molecule has 0 spiro atoms. The number of carbonyl (C=O) groups excluding carboxylic acids is 1. The molecule has 1 aromatic carbocycles. The lowest BCUT2D eigenvalue weighted by Gasteiger charge is -2.32. The average Bonchev–Trinajstić information content (AvgIpc) is 3.54. The van der Waals surface area contributed by atoms with Gasteiger partial charge in [0.05, 0.1) is 29.4 Å². The van der Waals surface area contributed by atoms with Crippen LogP contribution in [0.5, 0.6) is 0 Å². The van der Waals surface area contributed by atoms with Gasteiger partial charge in [-0.25, -0.2) is 14.4 Å². The van der Waals surface area contributed by atoms with E-state index < -0.39 is 0 Å². The summed E-state index contributed by atoms with van der Waals surface area (Å²) in [6.45, 7) is 4.03. The minimum absolute atomic E-state index is 0.143. The van der Waals surface area contributed by atoms with Crippen molar-refractivity contribution in [2.45, 2.75) is 39.2 Å². The minimum atomic E-state index is -0.306. The van der Waals surface area contributed by atoms with E-state index in [0.29, 0.717) is 18.2 Å². The molecule has 4 aromatic rings. The van der Waals surface area contributed by atoms with Gasteiger partial charge < -0.3 is 19.8 Å². The Hall–Kier alpha value is -3.34. The van der Waals surface area contributed by atoms with Crippen LogP contribution < -0.4 is 4.90 Å². The number of aliphatic hydroxyl groups is 1. The van der Waals surface area contributed by atoms with Gasteiger partial charge in [-0.2, -0.15) is 0 Å². The molecule has 1 amide bonds. The monoisotopic (exact) mass is 564 g/mol. The summed E-state index contributed by atoms with van der Waals surface area (Å²) in [5.41, 5.74) is 4.52. The number of hydrogen-bond donors (Lipinski definition) is 1. The summed E-state index contributed by atoms with van der Waals surface area (Å²) in [5.74, 6) is 1.38. The number of likely N-dealkylation sites (tertiary alicyclic amines) is 1. The smallest absolute Gasteiger partial charge is 0.236 e. The van der Waals surface area contributed by atoms with E-state index in [9.17, 15) is 14.3 Å². The number of imidazole rings is 1. The molecule has 0 radical (unpaired) electrons. The van der Waals surface area contributed by atoms with Gasteiger partial charge in [0.1, 0.15) is 17.3 Å². The number of aryl methyl sites for hydroxylation is 1. The molecule has 0 saturated carbocycles. The number of fused-ring (bicyclic) bond motifs is 1. The van der Waals surface area contributed by atoms with Crippen LogP contribution in [0.3, 0.4) is 0 Å². The number of amides is 1. The van der Waals surface area contributed by atoms with Gasteiger partial charge in [0.25, 0.3) is 0 Å². The number of halogens is 1. The number of aliphatic hydroxyl groups excluding tert-OH is 1. The van der Waals surface area contributed by atoms with Crippen LogP contribution in [-0.2, 0) is 24.2 Å². The first-order valence-corrected chi connectivity index (χ1v) is 14.6. The predicted molar refractivity (Wildman–Crippen MR) is 158 cm³/mol. The van der Waals surface area contributed by atoms with E-state index in [2.05, 4.69) is 29.7 Å². The van der Waals surface area contributed by atoms with Crippen molar-refractivity contribution in [1.82, 2.24) is 24.2 Å². The number of likely N-dealkylation sites (N-methyl/N-ethyl adjacent to an activating group) is 1. The second-order valence-corrected chi connectivity index (χ2v) is 11.8. The molecule has 0 unspecified atom stereocenters. The Morgan fingerprint density at radius 2 is 1.82 bits per heavy atom. The topological polar surface area (TPSA) is 77.2 Å². The molecule has 10 heteroatoms. The van der Waals surface area contributed by atoms with Crippen molar-refractivity contribution in [1.29, 1.82) is 0 Å². The maximum Gasteiger partial charge on any atom is 0.236 e. The highest BCUT2D eigenvalue weighted by atomic mass is 32.1. The second kappa shape index (κ2) is 12.0. The molecular weight excluding hydrogens is 527 g/mol. The Kier molecular flexibility index (Phi) is 8.48. The van der Waals surface area contributed by atoms with Crippen molar-refractivity contribution >= 4 is 33.8 Å². The Labute approximate surface area is 238 Å². The first kappa shape index (κ1) is 28.2. The minimum Gasteiger partial charge on any atom is -0.391 e. The fourth-order valence-electron chi connectivity index (χ4n) is 5.44. The molecule has 0 aliphatic carbocycles. The molecule has 1 aliphatic heterocycles. The van der Waals surface area contributed by atoms with Crippen LogP contribution >= 0.6 is 11.3 Å². The maximum atomic E-state index is 13.5. The lowest BCUT2D eigenvalue weighted by atomic mass is 9.90. The molecule has 0 atom stereocenters. The highest BCUT2D eigenvalue weighted by molar-refractivity contribution is 7.16. The Morgan fingerprint density at radius 1 is 1.10 bits per heavy atom. The normalized spacial score (nSPS) is 14.4. The van der Waals surface area contributed by atoms with Crippen LogP contribution in [0.4, 0.5) is 15.3 Å². The molecule has 3 aromatic heterocycles. The number of benzene rings is 1. The lowest BCUT2D eigenvalue weighted by Crippen LogP contribution is -2.42. The van der Waals surface area contributed by atoms with Crippen LogP contribution in [0.15, 0.2) is 42.6 Å². The molecule has 4 heterocycles. The van der Waals surface area contributed by atoms with Gasteiger partial charge in [0.2, 0.25) is 5.91 Å². The largest absolute Gasteiger partial charge is 0.391 e. The summed E-state index contributed by atoms with van der Waals surface area (Å²) < 4.78 is 15.6. The molecular formula is C30H37FN6O2S. The zero-order valence-corrected chi connectivity index (χ0v) is 24.4. The summed E-state index contributed by atoms with van der Waals surface area (Å²) >= 11 is 1.43. The third-order valence-corrected chi connectivity index (χ3v) is 8.67. The summed E-state index contributed by atoms with van der Waals surface area (Å²) in [7, 11) is 5.83. The van der Waals surface area contributed by atoms with Crippen molar-refractivity contribution in [3.63, 3.8) is 0 Å². The van der Waals surface area contributed by atoms with E-state index >= 15 is 0 Å². The fraction of sp³-hybridized carbons (Fsp3) is 0.433. The SMILES string of the molecule is CCc1nc2ccc(CC3CCN(C(=O)CN(C)C)CC3)cn2c1N(C)c1nc(-c2ccc(F)cc2)c(CO)s1. The zero-order valence-electron chi connectivity index (χ0n) is 23.6. The summed E-state index contributed by atoms with van der Waals surface area (Å²) in [5, 5.41) is 10.8. The van der Waals surface area contributed by atoms with E-state index in [1.165, 1.54) is 29.0 Å². The zero-order chi connectivity index (χ0) is 28.4. The quantitative estimate of drug-likeness (QED) is 0.316. The van der Waals surface area contributed by atoms with Crippen LogP contribution in [0.25, 0.3) is 16.9 Å². The van der Waals surface area contributed by atoms with E-state index in [4.69, 9.17) is 9.97 Å². The molecule has 8 nitrogen and oxygen atoms in total. The summed E-state index contributed by atoms with van der Waals surface area (Å²) in [6, 6.07) is 10.4. The number of piperidine rings is 1. The van der Waals surface area contributed by atoms with Gasteiger partial charge in [-0.1, -0.05) is 24.3 Å². The van der Waals surface area contributed by atoms with Crippen molar-refractivity contribution < 1.29 is 14.3 Å². The third-order valence-electron chi connectivity index (χ3n) is 7.55. The molecule has 40 heavy (non-hydrogen) atoms. The number of anilines is 2. The van der Waals surface area contributed by atoms with Gasteiger partial charge in [0.15, 0.2) is 5.13 Å². The first-order chi connectivity index (χ1) is 19.3. The molecule has 1 N–H and O–H groups in total. The second-order valence-electron chi connectivity index (χ2n) is 10.8. The van der Waals surface area contributed by atoms with Crippen molar-refractivity contribution in [2.24, 2.45) is 5.92 Å². The highest BCUT2D eigenvalue weighted by Crippen LogP contribution is 2.37. The number of thiazole rings is 1. The standard InChI is InChI=1S/C30H37FN6O2S/c1-5-24-29(35(4)30-33-28(25(19-38)40-30)22-7-9-23(31)10-8-22)37-17-21(6-11-26(37)32-24)16-20-12-14-36(15-13-20)27(39)18-34(2)3/h6-11,17,20,38H,5,12-16,18-19H2,1-4H3. The van der Waals surface area contributed by atoms with E-state index in [1.54, 1.807) is 12.1 Å². The Bertz CT molecular complexity index is 1470. The summed E-state index contributed by atoms with van der Waals surface area (Å²) in [6.07, 6.45) is 5.90. The number of rotatable bonds is 9. The number of aromatic nitrogens is 3. The molecule has 0 bridgehead atoms. The average molecular weight is 565 g/mol. The van der Waals surface area contributed by atoms with Crippen LogP contribution in [0.1, 0.15) is 35.9 Å². The maximum absolute atomic E-state index is 13.5. The Balaban J connectivity index is 1.38. The molecule has 212 valence electrons. The van der Waals surface area contributed by atoms with Crippen LogP contribution in [0.2, 0.25) is 0 Å². The van der Waals surface area contributed by atoms with Crippen molar-refractivity contribution in [3.8, 4) is 11.3 Å². The highest BCUT2D eigenvalue weighted by Gasteiger charge is 2.25. The lowest BCUT2D eigenvalue weighted by molar-refractivity contribution is -0.133. The van der Waals surface area contributed by atoms with Crippen LogP contribution in [0, 0.1) is 11.7 Å². The molecule has 1 aliphatic rings. The van der Waals surface area contributed by atoms with Gasteiger partial charge in [0, 0.05) is 31.9 Å². The van der Waals surface area contributed by atoms with E-state index in [-0.39, 0.29) is 18.3 Å². The van der Waals surface area contributed by atoms with E-state index in [0.717, 1.165) is 71.5 Å². The van der Waals surface area contributed by atoms with Crippen LogP contribution in [-0.4, -0.2) is 76.0 Å². The molecule has 1 saturated heterocycles. The fourth-order valence-corrected chi connectivity index (χ4v) is 6.35. The van der Waals surface area contributed by atoms with Gasteiger partial charge in [-0.05, 0) is 81.6 Å². The van der Waals surface area contributed by atoms with Gasteiger partial charge in [-0.15, -0.1) is 0 Å².